The Hall–Kier alpha value is -3.47. The molecule has 1 aromatic carbocycles. The van der Waals surface area contributed by atoms with Crippen LogP contribution in [0.25, 0.3) is 0 Å². The first-order chi connectivity index (χ1) is 23.9. The Labute approximate surface area is 298 Å². The molecule has 1 saturated heterocycles. The van der Waals surface area contributed by atoms with Crippen LogP contribution >= 0.6 is 0 Å². The molecule has 51 heavy (non-hydrogen) atoms. The first-order valence-electron chi connectivity index (χ1n) is 17.3. The van der Waals surface area contributed by atoms with Gasteiger partial charge in [0.05, 0.1) is 49.0 Å². The Morgan fingerprint density at radius 1 is 1.08 bits per heavy atom. The van der Waals surface area contributed by atoms with Crippen molar-refractivity contribution in [2.75, 3.05) is 19.7 Å². The van der Waals surface area contributed by atoms with Crippen LogP contribution in [-0.2, 0) is 42.9 Å². The lowest BCUT2D eigenvalue weighted by molar-refractivity contribution is -0.304. The van der Waals surface area contributed by atoms with E-state index in [1.54, 1.807) is 58.0 Å². The molecule has 5 rings (SSSR count). The van der Waals surface area contributed by atoms with E-state index in [1.807, 2.05) is 13.8 Å². The molecular weight excluding hydrogens is 661 g/mol. The van der Waals surface area contributed by atoms with Crippen LogP contribution in [0.4, 0.5) is 0 Å². The number of aliphatic hydroxyl groups excluding tert-OH is 1. The first kappa shape index (κ1) is 38.8. The zero-order chi connectivity index (χ0) is 37.7. The minimum absolute atomic E-state index is 0.147. The number of carbonyl (C=O) groups excluding carboxylic acids is 5. The lowest BCUT2D eigenvalue weighted by Gasteiger charge is -2.68. The minimum Gasteiger partial charge on any atom is -0.460 e. The van der Waals surface area contributed by atoms with Crippen molar-refractivity contribution in [3.63, 3.8) is 0 Å². The predicted molar refractivity (Wildman–Crippen MR) is 183 cm³/mol. The normalized spacial score (nSPS) is 36.5. The molecule has 7 N–H and O–H groups in total. The second kappa shape index (κ2) is 14.2. The molecule has 14 nitrogen and oxygen atoms in total. The van der Waals surface area contributed by atoms with Gasteiger partial charge in [0.15, 0.2) is 18.0 Å². The number of nitrogens with two attached hydrogens (primary N) is 2. The van der Waals surface area contributed by atoms with E-state index in [1.165, 1.54) is 0 Å². The fourth-order valence-corrected chi connectivity index (χ4v) is 9.71. The summed E-state index contributed by atoms with van der Waals surface area (Å²) in [5.74, 6) is -4.65. The summed E-state index contributed by atoms with van der Waals surface area (Å²) in [6.07, 6.45) is -5.54. The molecule has 15 heteroatoms. The number of esters is 3. The van der Waals surface area contributed by atoms with E-state index in [-0.39, 0.29) is 25.0 Å². The summed E-state index contributed by atoms with van der Waals surface area (Å²) < 4.78 is 23.7. The van der Waals surface area contributed by atoms with Crippen molar-refractivity contribution in [3.05, 3.63) is 47.0 Å². The van der Waals surface area contributed by atoms with Gasteiger partial charge in [0.2, 0.25) is 0 Å². The van der Waals surface area contributed by atoms with E-state index in [2.05, 4.69) is 5.23 Å². The van der Waals surface area contributed by atoms with Crippen molar-refractivity contribution in [1.82, 2.24) is 5.23 Å². The monoisotopic (exact) mass is 710 g/mol. The number of ketones is 1. The number of benzene rings is 1. The van der Waals surface area contributed by atoms with Crippen LogP contribution in [0.15, 0.2) is 41.5 Å². The molecule has 3 fully saturated rings. The van der Waals surface area contributed by atoms with Crippen molar-refractivity contribution >= 4 is 37.3 Å². The maximum Gasteiger partial charge on any atom is 0.337 e. The number of rotatable bonds is 11. The molecule has 1 heterocycles. The number of fused-ring (bicyclic) bond motifs is 5. The maximum absolute atomic E-state index is 15.3. The van der Waals surface area contributed by atoms with E-state index in [4.69, 9.17) is 30.4 Å². The highest BCUT2D eigenvalue weighted by atomic mass is 16.6. The van der Waals surface area contributed by atoms with Crippen LogP contribution in [0.1, 0.15) is 66.0 Å². The summed E-state index contributed by atoms with van der Waals surface area (Å²) in [5, 5.41) is 27.2. The van der Waals surface area contributed by atoms with Gasteiger partial charge in [-0.15, -0.1) is 0 Å². The fourth-order valence-electron chi connectivity index (χ4n) is 9.71. The van der Waals surface area contributed by atoms with E-state index >= 15 is 4.79 Å². The Morgan fingerprint density at radius 2 is 1.71 bits per heavy atom. The number of carbonyl (C=O) groups is 5. The second-order valence-corrected chi connectivity index (χ2v) is 15.3. The van der Waals surface area contributed by atoms with Gasteiger partial charge < -0.3 is 50.7 Å². The van der Waals surface area contributed by atoms with Crippen molar-refractivity contribution < 1.29 is 53.1 Å². The standard InChI is InChI=1S/C36H49BN3O11/c1-18-21(49-32(46)28(44)27(40-37-17-41)20-10-8-7-9-11-20)13-36(47)19(2)30-34(5)16-48-22(34)12-23(50-24(42)14-38)35(30,6)31(45)29(51-25(43)15-39)26(18)33(36,3)4/h7-11,17,19,21-23,27-30,40,44,47H,12-16,38-39H2,1-6H3/t19-,21-,22+,23-,27-,28+,29+,30+,34+,35+,36+/m0/s1. The highest BCUT2D eigenvalue weighted by Gasteiger charge is 2.74. The molecule has 1 aromatic rings. The van der Waals surface area contributed by atoms with Gasteiger partial charge in [0, 0.05) is 23.7 Å². The quantitative estimate of drug-likeness (QED) is 0.0683. The topological polar surface area (TPSA) is 227 Å². The third kappa shape index (κ3) is 6.15. The molecule has 0 spiro atoms. The number of nitrogens with one attached hydrogen (secondary N) is 1. The van der Waals surface area contributed by atoms with Crippen LogP contribution in [0.2, 0.25) is 0 Å². The summed E-state index contributed by atoms with van der Waals surface area (Å²) in [4.78, 5) is 65.9. The number of hydrogen-bond acceptors (Lipinski definition) is 14. The Kier molecular flexibility index (Phi) is 10.8. The smallest absolute Gasteiger partial charge is 0.337 e. The average Bonchev–Trinajstić information content (AvgIpc) is 3.10. The molecule has 277 valence electrons. The zero-order valence-corrected chi connectivity index (χ0v) is 29.9. The first-order valence-corrected chi connectivity index (χ1v) is 17.3. The number of aliphatic hydroxyl groups is 2. The highest BCUT2D eigenvalue weighted by molar-refractivity contribution is 6.64. The second-order valence-electron chi connectivity index (χ2n) is 15.3. The van der Waals surface area contributed by atoms with Crippen LogP contribution in [-0.4, -0.2) is 103 Å². The summed E-state index contributed by atoms with van der Waals surface area (Å²) in [5.41, 5.74) is 7.22. The van der Waals surface area contributed by atoms with E-state index in [9.17, 15) is 29.4 Å². The van der Waals surface area contributed by atoms with Gasteiger partial charge in [0.1, 0.15) is 12.2 Å². The predicted octanol–water partition coefficient (Wildman–Crippen LogP) is 0.268. The molecule has 1 radical (unpaired) electrons. The molecule has 1 aliphatic heterocycles. The lowest BCUT2D eigenvalue weighted by atomic mass is 9.40. The summed E-state index contributed by atoms with van der Waals surface area (Å²) in [6, 6.07) is 7.47. The third-order valence-corrected chi connectivity index (χ3v) is 12.4. The van der Waals surface area contributed by atoms with Crippen LogP contribution < -0.4 is 16.7 Å². The van der Waals surface area contributed by atoms with Crippen molar-refractivity contribution in [2.45, 2.75) is 96.5 Å². The Morgan fingerprint density at radius 3 is 2.27 bits per heavy atom. The molecule has 3 aliphatic carbocycles. The van der Waals surface area contributed by atoms with E-state index in [0.717, 1.165) is 7.41 Å². The molecular formula is C36H49BN3O11. The molecule has 0 aromatic heterocycles. The van der Waals surface area contributed by atoms with Gasteiger partial charge >= 0.3 is 17.9 Å². The van der Waals surface area contributed by atoms with Crippen LogP contribution in [0.3, 0.4) is 0 Å². The Bertz CT molecular complexity index is 1590. The number of ether oxygens (including phenoxy) is 4. The molecule has 2 saturated carbocycles. The van der Waals surface area contributed by atoms with Crippen LogP contribution in [0.5, 0.6) is 0 Å². The third-order valence-electron chi connectivity index (χ3n) is 12.4. The van der Waals surface area contributed by atoms with Crippen LogP contribution in [0, 0.1) is 28.1 Å². The molecule has 4 aliphatic rings. The van der Waals surface area contributed by atoms with Crippen molar-refractivity contribution in [2.24, 2.45) is 39.5 Å². The van der Waals surface area contributed by atoms with E-state index < -0.39 is 107 Å². The highest BCUT2D eigenvalue weighted by Crippen LogP contribution is 2.67. The number of hydrogen-bond donors (Lipinski definition) is 5. The summed E-state index contributed by atoms with van der Waals surface area (Å²) >= 11 is 0. The van der Waals surface area contributed by atoms with Gasteiger partial charge in [-0.1, -0.05) is 58.0 Å². The van der Waals surface area contributed by atoms with Gasteiger partial charge in [-0.2, -0.15) is 0 Å². The zero-order valence-electron chi connectivity index (χ0n) is 29.9. The molecule has 0 amide bonds. The molecule has 0 unspecified atom stereocenters. The van der Waals surface area contributed by atoms with Gasteiger partial charge in [-0.05, 0) is 42.4 Å². The van der Waals surface area contributed by atoms with Gasteiger partial charge in [-0.25, -0.2) is 4.79 Å². The maximum atomic E-state index is 15.3. The van der Waals surface area contributed by atoms with Gasteiger partial charge in [-0.3, -0.25) is 14.4 Å². The molecule has 11 atom stereocenters. The minimum atomic E-state index is -1.80. The lowest BCUT2D eigenvalue weighted by Crippen LogP contribution is -2.75. The largest absolute Gasteiger partial charge is 0.460 e. The fraction of sp³-hybridized carbons (Fsp3) is 0.639. The number of Topliss-reactive ketones (excluding diaryl/α,β-unsaturated/α-hetero) is 1. The molecule has 2 bridgehead atoms. The van der Waals surface area contributed by atoms with Crippen molar-refractivity contribution in [1.29, 1.82) is 0 Å². The van der Waals surface area contributed by atoms with E-state index in [0.29, 0.717) is 17.3 Å². The average molecular weight is 711 g/mol. The summed E-state index contributed by atoms with van der Waals surface area (Å²) in [7, 11) is 1.06. The van der Waals surface area contributed by atoms with Gasteiger partial charge in [0.25, 0.3) is 7.41 Å². The van der Waals surface area contributed by atoms with Crippen molar-refractivity contribution in [3.8, 4) is 0 Å². The summed E-state index contributed by atoms with van der Waals surface area (Å²) in [6.45, 7) is 9.90. The SMILES string of the molecule is CC1=C2[C@@H](OC(=O)CN)C(=O)[C@]3(C)[C@@H](OC(=O)CN)C[C@H]4OC[C@@]4(C)[C@H]3[C@H](C)[C@](O)(C[C@@H]1OC(=O)[C@H](O)[C@@H](N[B]C=O)c1ccccc1)C2(C)C. The Balaban J connectivity index is 1.66.